The van der Waals surface area contributed by atoms with Gasteiger partial charge in [0.2, 0.25) is 0 Å². The van der Waals surface area contributed by atoms with Gasteiger partial charge in [-0.1, -0.05) is 17.7 Å². The molecule has 0 aliphatic carbocycles. The molecule has 1 saturated heterocycles. The number of piperidine rings is 1. The third kappa shape index (κ3) is 3.53. The molecule has 1 aliphatic heterocycles. The van der Waals surface area contributed by atoms with Gasteiger partial charge in [-0.15, -0.1) is 0 Å². The molecule has 25 heavy (non-hydrogen) atoms. The fourth-order valence-electron chi connectivity index (χ4n) is 2.93. The van der Waals surface area contributed by atoms with Crippen LogP contribution in [-0.4, -0.2) is 39.7 Å². The molecule has 0 unspecified atom stereocenters. The molecule has 0 spiro atoms. The molecular formula is C17H19F3N4O. The predicted molar refractivity (Wildman–Crippen MR) is 86.4 cm³/mol. The molecule has 2 aromatic rings. The molecule has 2 heterocycles. The fraction of sp³-hybridized carbons (Fsp3) is 0.412. The largest absolute Gasteiger partial charge is 0.434 e. The Morgan fingerprint density at radius 3 is 2.36 bits per heavy atom. The molecular weight excluding hydrogens is 333 g/mol. The van der Waals surface area contributed by atoms with Crippen molar-refractivity contribution in [3.63, 3.8) is 0 Å². The molecule has 0 atom stereocenters. The molecule has 0 saturated carbocycles. The van der Waals surface area contributed by atoms with Crippen LogP contribution in [0.1, 0.15) is 34.5 Å². The van der Waals surface area contributed by atoms with Crippen LogP contribution in [0.4, 0.5) is 13.2 Å². The lowest BCUT2D eigenvalue weighted by Crippen LogP contribution is -2.43. The second-order valence-electron chi connectivity index (χ2n) is 6.28. The second-order valence-corrected chi connectivity index (χ2v) is 6.28. The number of amides is 1. The van der Waals surface area contributed by atoms with Crippen LogP contribution in [0.3, 0.4) is 0 Å². The smallest absolute Gasteiger partial charge is 0.338 e. The summed E-state index contributed by atoms with van der Waals surface area (Å²) in [6, 6.07) is 6.48. The predicted octanol–water partition coefficient (Wildman–Crippen LogP) is 2.76. The standard InChI is InChI=1S/C17H19F3N4O/c1-11-2-4-13(5-3-11)24-15(17(18,19)20)14(10-22-24)16(25)23-8-6-12(21)7-9-23/h2-5,10,12H,6-9,21H2,1H3. The Labute approximate surface area is 143 Å². The van der Waals surface area contributed by atoms with E-state index in [-0.39, 0.29) is 11.7 Å². The van der Waals surface area contributed by atoms with E-state index in [2.05, 4.69) is 5.10 Å². The van der Waals surface area contributed by atoms with Crippen LogP contribution in [-0.2, 0) is 6.18 Å². The Bertz CT molecular complexity index is 759. The van der Waals surface area contributed by atoms with Gasteiger partial charge in [0.25, 0.3) is 5.91 Å². The van der Waals surface area contributed by atoms with Crippen LogP contribution in [0.5, 0.6) is 0 Å². The molecule has 1 aromatic heterocycles. The Morgan fingerprint density at radius 1 is 1.20 bits per heavy atom. The summed E-state index contributed by atoms with van der Waals surface area (Å²) in [6.45, 7) is 2.55. The molecule has 2 N–H and O–H groups in total. The third-order valence-electron chi connectivity index (χ3n) is 4.37. The zero-order chi connectivity index (χ0) is 18.2. The van der Waals surface area contributed by atoms with Gasteiger partial charge in [-0.3, -0.25) is 4.79 Å². The van der Waals surface area contributed by atoms with Gasteiger partial charge >= 0.3 is 6.18 Å². The van der Waals surface area contributed by atoms with E-state index in [1.165, 1.54) is 4.90 Å². The van der Waals surface area contributed by atoms with E-state index in [0.29, 0.717) is 25.9 Å². The topological polar surface area (TPSA) is 64.2 Å². The number of nitrogens with two attached hydrogens (primary N) is 1. The summed E-state index contributed by atoms with van der Waals surface area (Å²) in [7, 11) is 0. The van der Waals surface area contributed by atoms with Gasteiger partial charge < -0.3 is 10.6 Å². The zero-order valence-corrected chi connectivity index (χ0v) is 13.8. The SMILES string of the molecule is Cc1ccc(-n2ncc(C(=O)N3CCC(N)CC3)c2C(F)(F)F)cc1. The highest BCUT2D eigenvalue weighted by Gasteiger charge is 2.41. The number of halogens is 3. The molecule has 5 nitrogen and oxygen atoms in total. The average Bonchev–Trinajstić information content (AvgIpc) is 3.01. The van der Waals surface area contributed by atoms with E-state index in [0.717, 1.165) is 16.4 Å². The molecule has 0 radical (unpaired) electrons. The van der Waals surface area contributed by atoms with Crippen molar-refractivity contribution in [2.24, 2.45) is 5.73 Å². The van der Waals surface area contributed by atoms with Gasteiger partial charge in [-0.05, 0) is 31.9 Å². The van der Waals surface area contributed by atoms with Gasteiger partial charge in [-0.25, -0.2) is 4.68 Å². The van der Waals surface area contributed by atoms with Crippen molar-refractivity contribution in [1.82, 2.24) is 14.7 Å². The number of benzene rings is 1. The van der Waals surface area contributed by atoms with Crippen LogP contribution < -0.4 is 5.73 Å². The maximum absolute atomic E-state index is 13.6. The lowest BCUT2D eigenvalue weighted by Gasteiger charge is -2.30. The van der Waals surface area contributed by atoms with E-state index in [1.807, 2.05) is 6.92 Å². The summed E-state index contributed by atoms with van der Waals surface area (Å²) in [5.41, 5.74) is 5.50. The quantitative estimate of drug-likeness (QED) is 0.904. The number of carbonyl (C=O) groups is 1. The maximum atomic E-state index is 13.6. The van der Waals surface area contributed by atoms with E-state index < -0.39 is 23.3 Å². The number of hydrogen-bond donors (Lipinski definition) is 1. The van der Waals surface area contributed by atoms with Crippen molar-refractivity contribution < 1.29 is 18.0 Å². The zero-order valence-electron chi connectivity index (χ0n) is 13.8. The Balaban J connectivity index is 2.00. The lowest BCUT2D eigenvalue weighted by atomic mass is 10.0. The first-order chi connectivity index (χ1) is 11.8. The second kappa shape index (κ2) is 6.51. The first-order valence-electron chi connectivity index (χ1n) is 8.04. The summed E-state index contributed by atoms with van der Waals surface area (Å²) in [5, 5.41) is 3.84. The van der Waals surface area contributed by atoms with Crippen LogP contribution in [0.2, 0.25) is 0 Å². The van der Waals surface area contributed by atoms with Crippen molar-refractivity contribution in [2.75, 3.05) is 13.1 Å². The van der Waals surface area contributed by atoms with Gasteiger partial charge in [0.1, 0.15) is 0 Å². The van der Waals surface area contributed by atoms with Gasteiger partial charge in [0, 0.05) is 19.1 Å². The highest BCUT2D eigenvalue weighted by atomic mass is 19.4. The molecule has 0 bridgehead atoms. The van der Waals surface area contributed by atoms with E-state index in [9.17, 15) is 18.0 Å². The van der Waals surface area contributed by atoms with Gasteiger partial charge in [0.05, 0.1) is 17.4 Å². The Hall–Kier alpha value is -2.35. The fourth-order valence-corrected chi connectivity index (χ4v) is 2.93. The number of aryl methyl sites for hydroxylation is 1. The van der Waals surface area contributed by atoms with Crippen molar-refractivity contribution in [3.05, 3.63) is 47.3 Å². The summed E-state index contributed by atoms with van der Waals surface area (Å²) in [4.78, 5) is 14.0. The lowest BCUT2D eigenvalue weighted by molar-refractivity contribution is -0.143. The highest BCUT2D eigenvalue weighted by Crippen LogP contribution is 2.34. The van der Waals surface area contributed by atoms with Crippen LogP contribution in [0.25, 0.3) is 5.69 Å². The maximum Gasteiger partial charge on any atom is 0.434 e. The number of likely N-dealkylation sites (tertiary alicyclic amines) is 1. The third-order valence-corrected chi connectivity index (χ3v) is 4.37. The molecule has 1 aliphatic rings. The van der Waals surface area contributed by atoms with E-state index in [1.54, 1.807) is 24.3 Å². The van der Waals surface area contributed by atoms with Gasteiger partial charge in [-0.2, -0.15) is 18.3 Å². The van der Waals surface area contributed by atoms with Crippen LogP contribution in [0, 0.1) is 6.92 Å². The molecule has 1 aromatic carbocycles. The number of nitrogens with zero attached hydrogens (tertiary/aromatic N) is 3. The highest BCUT2D eigenvalue weighted by molar-refractivity contribution is 5.95. The summed E-state index contributed by atoms with van der Waals surface area (Å²) in [6.07, 6.45) is -2.53. The van der Waals surface area contributed by atoms with E-state index >= 15 is 0 Å². The summed E-state index contributed by atoms with van der Waals surface area (Å²) in [5.74, 6) is -0.655. The number of carbonyl (C=O) groups excluding carboxylic acids is 1. The summed E-state index contributed by atoms with van der Waals surface area (Å²) >= 11 is 0. The van der Waals surface area contributed by atoms with Crippen molar-refractivity contribution >= 4 is 5.91 Å². The molecule has 1 amide bonds. The Morgan fingerprint density at radius 2 is 1.80 bits per heavy atom. The van der Waals surface area contributed by atoms with Crippen molar-refractivity contribution in [3.8, 4) is 5.69 Å². The Kier molecular flexibility index (Phi) is 4.55. The van der Waals surface area contributed by atoms with Crippen molar-refractivity contribution in [1.29, 1.82) is 0 Å². The number of hydrogen-bond acceptors (Lipinski definition) is 3. The number of alkyl halides is 3. The average molecular weight is 352 g/mol. The minimum Gasteiger partial charge on any atom is -0.338 e. The first kappa shape index (κ1) is 17.5. The van der Waals surface area contributed by atoms with Crippen molar-refractivity contribution in [2.45, 2.75) is 32.0 Å². The number of rotatable bonds is 2. The minimum atomic E-state index is -4.70. The monoisotopic (exact) mass is 352 g/mol. The normalized spacial score (nSPS) is 16.3. The summed E-state index contributed by atoms with van der Waals surface area (Å²) < 4.78 is 41.7. The van der Waals surface area contributed by atoms with Crippen LogP contribution >= 0.6 is 0 Å². The molecule has 1 fully saturated rings. The van der Waals surface area contributed by atoms with Crippen LogP contribution in [0.15, 0.2) is 30.5 Å². The minimum absolute atomic E-state index is 0.0126. The molecule has 3 rings (SSSR count). The molecule has 134 valence electrons. The number of aromatic nitrogens is 2. The first-order valence-corrected chi connectivity index (χ1v) is 8.04. The molecule has 8 heteroatoms. The van der Waals surface area contributed by atoms with E-state index in [4.69, 9.17) is 5.73 Å². The van der Waals surface area contributed by atoms with Gasteiger partial charge in [0.15, 0.2) is 5.69 Å².